The van der Waals surface area contributed by atoms with Crippen molar-refractivity contribution < 1.29 is 4.79 Å². The molecule has 1 heterocycles. The molecule has 1 aromatic heterocycles. The number of carbonyl (C=O) groups excluding carboxylic acids is 1. The standard InChI is InChI=1S/C11H17N3O/c1-12-11(15)10-6-4-5-9(13-10)7-8-14(2)3/h4-6H,7-8H2,1-3H3,(H,12,15). The van der Waals surface area contributed by atoms with Crippen molar-refractivity contribution in [2.45, 2.75) is 6.42 Å². The summed E-state index contributed by atoms with van der Waals surface area (Å²) in [4.78, 5) is 17.7. The molecule has 0 aliphatic heterocycles. The summed E-state index contributed by atoms with van der Waals surface area (Å²) in [7, 11) is 5.64. The Labute approximate surface area is 90.3 Å². The first kappa shape index (κ1) is 11.7. The first-order valence-corrected chi connectivity index (χ1v) is 4.96. The van der Waals surface area contributed by atoms with Crippen LogP contribution in [0.15, 0.2) is 18.2 Å². The third-order valence-corrected chi connectivity index (χ3v) is 2.08. The Morgan fingerprint density at radius 3 is 2.80 bits per heavy atom. The van der Waals surface area contributed by atoms with Crippen molar-refractivity contribution in [3.63, 3.8) is 0 Å². The lowest BCUT2D eigenvalue weighted by atomic mass is 10.2. The average molecular weight is 207 g/mol. The molecule has 0 aliphatic rings. The fourth-order valence-corrected chi connectivity index (χ4v) is 1.21. The van der Waals surface area contributed by atoms with E-state index in [-0.39, 0.29) is 5.91 Å². The van der Waals surface area contributed by atoms with Crippen LogP contribution in [0.25, 0.3) is 0 Å². The summed E-state index contributed by atoms with van der Waals surface area (Å²) < 4.78 is 0. The number of aromatic nitrogens is 1. The third kappa shape index (κ3) is 3.67. The number of pyridine rings is 1. The van der Waals surface area contributed by atoms with E-state index in [1.54, 1.807) is 13.1 Å². The van der Waals surface area contributed by atoms with Crippen LogP contribution < -0.4 is 5.32 Å². The molecule has 0 radical (unpaired) electrons. The average Bonchev–Trinajstić information content (AvgIpc) is 2.25. The van der Waals surface area contributed by atoms with Gasteiger partial charge in [-0.15, -0.1) is 0 Å². The van der Waals surface area contributed by atoms with Crippen LogP contribution in [-0.2, 0) is 6.42 Å². The lowest BCUT2D eigenvalue weighted by molar-refractivity contribution is 0.0958. The Balaban J connectivity index is 2.70. The minimum atomic E-state index is -0.137. The highest BCUT2D eigenvalue weighted by atomic mass is 16.1. The number of rotatable bonds is 4. The molecule has 1 amide bonds. The van der Waals surface area contributed by atoms with Crippen molar-refractivity contribution in [2.24, 2.45) is 0 Å². The zero-order chi connectivity index (χ0) is 11.3. The van der Waals surface area contributed by atoms with Crippen molar-refractivity contribution >= 4 is 5.91 Å². The highest BCUT2D eigenvalue weighted by Gasteiger charge is 2.05. The normalized spacial score (nSPS) is 10.4. The van der Waals surface area contributed by atoms with E-state index in [0.717, 1.165) is 18.7 Å². The Kier molecular flexibility index (Phi) is 4.24. The molecule has 0 fully saturated rings. The highest BCUT2D eigenvalue weighted by molar-refractivity contribution is 5.91. The van der Waals surface area contributed by atoms with Gasteiger partial charge in [0.05, 0.1) is 0 Å². The van der Waals surface area contributed by atoms with Crippen molar-refractivity contribution in [3.05, 3.63) is 29.6 Å². The minimum Gasteiger partial charge on any atom is -0.354 e. The number of carbonyl (C=O) groups is 1. The fourth-order valence-electron chi connectivity index (χ4n) is 1.21. The Morgan fingerprint density at radius 2 is 2.20 bits per heavy atom. The summed E-state index contributed by atoms with van der Waals surface area (Å²) in [6.07, 6.45) is 0.859. The van der Waals surface area contributed by atoms with Crippen LogP contribution in [0.2, 0.25) is 0 Å². The van der Waals surface area contributed by atoms with Gasteiger partial charge in [0.15, 0.2) is 0 Å². The molecular formula is C11H17N3O. The van der Waals surface area contributed by atoms with Crippen LogP contribution in [0.3, 0.4) is 0 Å². The number of hydrogen-bond acceptors (Lipinski definition) is 3. The molecule has 4 nitrogen and oxygen atoms in total. The second-order valence-electron chi connectivity index (χ2n) is 3.65. The summed E-state index contributed by atoms with van der Waals surface area (Å²) in [5.41, 5.74) is 1.43. The van der Waals surface area contributed by atoms with E-state index in [1.165, 1.54) is 0 Å². The monoisotopic (exact) mass is 207 g/mol. The molecule has 82 valence electrons. The predicted molar refractivity (Wildman–Crippen MR) is 59.9 cm³/mol. The van der Waals surface area contributed by atoms with E-state index in [4.69, 9.17) is 0 Å². The maximum absolute atomic E-state index is 11.3. The van der Waals surface area contributed by atoms with Crippen LogP contribution in [-0.4, -0.2) is 43.5 Å². The lowest BCUT2D eigenvalue weighted by Crippen LogP contribution is -2.20. The van der Waals surface area contributed by atoms with Crippen LogP contribution in [0.5, 0.6) is 0 Å². The Hall–Kier alpha value is -1.42. The van der Waals surface area contributed by atoms with Gasteiger partial charge in [-0.1, -0.05) is 6.07 Å². The second-order valence-corrected chi connectivity index (χ2v) is 3.65. The quantitative estimate of drug-likeness (QED) is 0.784. The van der Waals surface area contributed by atoms with Crippen molar-refractivity contribution in [1.82, 2.24) is 15.2 Å². The van der Waals surface area contributed by atoms with Gasteiger partial charge in [-0.25, -0.2) is 4.98 Å². The van der Waals surface area contributed by atoms with Crippen molar-refractivity contribution in [3.8, 4) is 0 Å². The minimum absolute atomic E-state index is 0.137. The van der Waals surface area contributed by atoms with Gasteiger partial charge < -0.3 is 10.2 Å². The van der Waals surface area contributed by atoms with E-state index in [2.05, 4.69) is 15.2 Å². The summed E-state index contributed by atoms with van der Waals surface area (Å²) in [5, 5.41) is 2.56. The Bertz CT molecular complexity index is 336. The van der Waals surface area contributed by atoms with E-state index < -0.39 is 0 Å². The Morgan fingerprint density at radius 1 is 1.47 bits per heavy atom. The fraction of sp³-hybridized carbons (Fsp3) is 0.455. The molecule has 0 atom stereocenters. The summed E-state index contributed by atoms with van der Waals surface area (Å²) in [5.74, 6) is -0.137. The maximum Gasteiger partial charge on any atom is 0.269 e. The smallest absolute Gasteiger partial charge is 0.269 e. The number of nitrogens with zero attached hydrogens (tertiary/aromatic N) is 2. The topological polar surface area (TPSA) is 45.2 Å². The molecular weight excluding hydrogens is 190 g/mol. The molecule has 0 aromatic carbocycles. The molecule has 1 aromatic rings. The zero-order valence-corrected chi connectivity index (χ0v) is 9.45. The molecule has 1 rings (SSSR count). The van der Waals surface area contributed by atoms with Gasteiger partial charge in [0.2, 0.25) is 0 Å². The molecule has 0 unspecified atom stereocenters. The van der Waals surface area contributed by atoms with Crippen molar-refractivity contribution in [2.75, 3.05) is 27.7 Å². The first-order valence-electron chi connectivity index (χ1n) is 4.96. The molecule has 4 heteroatoms. The molecule has 15 heavy (non-hydrogen) atoms. The van der Waals surface area contributed by atoms with Gasteiger partial charge in [0.25, 0.3) is 5.91 Å². The summed E-state index contributed by atoms with van der Waals surface area (Å²) >= 11 is 0. The van der Waals surface area contributed by atoms with E-state index in [1.807, 2.05) is 26.2 Å². The van der Waals surface area contributed by atoms with Gasteiger partial charge in [-0.2, -0.15) is 0 Å². The molecule has 0 aliphatic carbocycles. The van der Waals surface area contributed by atoms with E-state index in [9.17, 15) is 4.79 Å². The summed E-state index contributed by atoms with van der Waals surface area (Å²) in [6, 6.07) is 5.52. The van der Waals surface area contributed by atoms with Crippen LogP contribution in [0.1, 0.15) is 16.2 Å². The summed E-state index contributed by atoms with van der Waals surface area (Å²) in [6.45, 7) is 0.935. The first-order chi connectivity index (χ1) is 7.13. The SMILES string of the molecule is CNC(=O)c1cccc(CCN(C)C)n1. The molecule has 0 bridgehead atoms. The molecule has 0 spiro atoms. The van der Waals surface area contributed by atoms with Gasteiger partial charge in [0, 0.05) is 25.7 Å². The van der Waals surface area contributed by atoms with Gasteiger partial charge in [-0.05, 0) is 26.2 Å². The number of likely N-dealkylation sites (N-methyl/N-ethyl adjacent to an activating group) is 1. The maximum atomic E-state index is 11.3. The van der Waals surface area contributed by atoms with Crippen LogP contribution in [0.4, 0.5) is 0 Å². The van der Waals surface area contributed by atoms with Crippen LogP contribution in [0, 0.1) is 0 Å². The predicted octanol–water partition coefficient (Wildman–Crippen LogP) is 0.545. The highest BCUT2D eigenvalue weighted by Crippen LogP contribution is 2.00. The number of hydrogen-bond donors (Lipinski definition) is 1. The largest absolute Gasteiger partial charge is 0.354 e. The lowest BCUT2D eigenvalue weighted by Gasteiger charge is -2.09. The van der Waals surface area contributed by atoms with Gasteiger partial charge >= 0.3 is 0 Å². The molecule has 1 N–H and O–H groups in total. The van der Waals surface area contributed by atoms with Gasteiger partial charge in [-0.3, -0.25) is 4.79 Å². The number of nitrogens with one attached hydrogen (secondary N) is 1. The number of amides is 1. The molecule has 0 saturated heterocycles. The zero-order valence-electron chi connectivity index (χ0n) is 9.45. The van der Waals surface area contributed by atoms with E-state index in [0.29, 0.717) is 5.69 Å². The van der Waals surface area contributed by atoms with Crippen molar-refractivity contribution in [1.29, 1.82) is 0 Å². The van der Waals surface area contributed by atoms with Gasteiger partial charge in [0.1, 0.15) is 5.69 Å². The second kappa shape index (κ2) is 5.46. The van der Waals surface area contributed by atoms with Crippen LogP contribution >= 0.6 is 0 Å². The molecule has 0 saturated carbocycles. The van der Waals surface area contributed by atoms with E-state index >= 15 is 0 Å². The third-order valence-electron chi connectivity index (χ3n) is 2.08.